The van der Waals surface area contributed by atoms with Crippen molar-refractivity contribution in [3.63, 3.8) is 0 Å². The van der Waals surface area contributed by atoms with E-state index < -0.39 is 0 Å². The van der Waals surface area contributed by atoms with Crippen molar-refractivity contribution in [1.29, 1.82) is 0 Å². The number of amides is 1. The first-order chi connectivity index (χ1) is 16.6. The number of halogens is 1. The van der Waals surface area contributed by atoms with Gasteiger partial charge in [0.15, 0.2) is 0 Å². The first-order valence-electron chi connectivity index (χ1n) is 13.3. The number of likely N-dealkylation sites (tertiary alicyclic amines) is 1. The van der Waals surface area contributed by atoms with Crippen molar-refractivity contribution in [3.8, 4) is 0 Å². The average molecular weight is 470 g/mol. The van der Waals surface area contributed by atoms with Gasteiger partial charge in [-0.1, -0.05) is 18.2 Å². The molecule has 1 amide bonds. The van der Waals surface area contributed by atoms with Gasteiger partial charge in [0.05, 0.1) is 11.9 Å². The standard InChI is InChI=1S/C27H40FN5O/c28-23-9-7-22(8-10-23)20-31-15-11-24(12-16-31)32-13-2-14-33(18-17-32)26-4-1-3-25(30-26)27(34)29-19-21-5-6-21/h3,7-10,21,24,26,30H,1-2,4-6,11-20H2,(H,29,34). The third kappa shape index (κ3) is 6.37. The Kier molecular flexibility index (Phi) is 7.82. The van der Waals surface area contributed by atoms with Gasteiger partial charge in [0.1, 0.15) is 5.82 Å². The van der Waals surface area contributed by atoms with Crippen LogP contribution in [0.3, 0.4) is 0 Å². The molecule has 0 radical (unpaired) electrons. The predicted molar refractivity (Wildman–Crippen MR) is 132 cm³/mol. The molecule has 0 aromatic heterocycles. The van der Waals surface area contributed by atoms with Crippen LogP contribution in [0.4, 0.5) is 4.39 Å². The van der Waals surface area contributed by atoms with Crippen molar-refractivity contribution in [2.45, 2.75) is 63.7 Å². The van der Waals surface area contributed by atoms with E-state index in [2.05, 4.69) is 31.4 Å². The molecule has 2 N–H and O–H groups in total. The van der Waals surface area contributed by atoms with E-state index in [0.29, 0.717) is 12.0 Å². The molecule has 1 aromatic rings. The summed E-state index contributed by atoms with van der Waals surface area (Å²) in [6.45, 7) is 8.37. The fourth-order valence-electron chi connectivity index (χ4n) is 5.71. The predicted octanol–water partition coefficient (Wildman–Crippen LogP) is 2.92. The van der Waals surface area contributed by atoms with Crippen molar-refractivity contribution >= 4 is 5.91 Å². The van der Waals surface area contributed by atoms with Crippen molar-refractivity contribution < 1.29 is 9.18 Å². The number of nitrogens with one attached hydrogen (secondary N) is 2. The van der Waals surface area contributed by atoms with Crippen molar-refractivity contribution in [2.75, 3.05) is 45.8 Å². The van der Waals surface area contributed by atoms with E-state index in [1.165, 1.54) is 37.7 Å². The lowest BCUT2D eigenvalue weighted by molar-refractivity contribution is -0.118. The third-order valence-corrected chi connectivity index (χ3v) is 8.00. The molecule has 7 heteroatoms. The molecule has 186 valence electrons. The number of hydrogen-bond donors (Lipinski definition) is 2. The Morgan fingerprint density at radius 2 is 1.68 bits per heavy atom. The Balaban J connectivity index is 1.06. The molecule has 3 aliphatic heterocycles. The molecule has 5 rings (SSSR count). The monoisotopic (exact) mass is 469 g/mol. The van der Waals surface area contributed by atoms with Crippen LogP contribution in [0.2, 0.25) is 0 Å². The van der Waals surface area contributed by atoms with Gasteiger partial charge in [0, 0.05) is 38.8 Å². The van der Waals surface area contributed by atoms with Crippen molar-refractivity contribution in [3.05, 3.63) is 47.4 Å². The minimum Gasteiger partial charge on any atom is -0.365 e. The summed E-state index contributed by atoms with van der Waals surface area (Å²) in [7, 11) is 0. The number of benzene rings is 1. The van der Waals surface area contributed by atoms with Gasteiger partial charge in [0.25, 0.3) is 5.91 Å². The topological polar surface area (TPSA) is 50.9 Å². The highest BCUT2D eigenvalue weighted by atomic mass is 19.1. The number of piperidine rings is 1. The number of carbonyl (C=O) groups is 1. The van der Waals surface area contributed by atoms with Gasteiger partial charge < -0.3 is 10.6 Å². The molecule has 1 unspecified atom stereocenters. The lowest BCUT2D eigenvalue weighted by Crippen LogP contribution is -2.51. The second-order valence-corrected chi connectivity index (χ2v) is 10.6. The fraction of sp³-hybridized carbons (Fsp3) is 0.667. The quantitative estimate of drug-likeness (QED) is 0.643. The summed E-state index contributed by atoms with van der Waals surface area (Å²) >= 11 is 0. The zero-order chi connectivity index (χ0) is 23.3. The zero-order valence-corrected chi connectivity index (χ0v) is 20.4. The summed E-state index contributed by atoms with van der Waals surface area (Å²) in [5.74, 6) is 0.612. The molecule has 34 heavy (non-hydrogen) atoms. The van der Waals surface area contributed by atoms with Gasteiger partial charge in [-0.3, -0.25) is 19.5 Å². The molecule has 2 saturated heterocycles. The summed E-state index contributed by atoms with van der Waals surface area (Å²) in [5.41, 5.74) is 1.96. The second kappa shape index (κ2) is 11.2. The molecule has 6 nitrogen and oxygen atoms in total. The van der Waals surface area contributed by atoms with Crippen molar-refractivity contribution in [2.24, 2.45) is 5.92 Å². The minimum atomic E-state index is -0.162. The zero-order valence-electron chi connectivity index (χ0n) is 20.4. The van der Waals surface area contributed by atoms with Crippen LogP contribution in [0.25, 0.3) is 0 Å². The summed E-state index contributed by atoms with van der Waals surface area (Å²) in [6.07, 6.45) is 10.5. The molecular weight excluding hydrogens is 429 g/mol. The average Bonchev–Trinajstić information content (AvgIpc) is 3.72. The SMILES string of the molecule is O=C(NCC1CC1)C1=CCCC(N2CCCN(C3CCN(Cc4ccc(F)cc4)CC3)CC2)N1. The van der Waals surface area contributed by atoms with Crippen LogP contribution in [0.5, 0.6) is 0 Å². The lowest BCUT2D eigenvalue weighted by atomic mass is 10.0. The molecule has 1 atom stereocenters. The maximum Gasteiger partial charge on any atom is 0.267 e. The number of rotatable bonds is 7. The van der Waals surface area contributed by atoms with E-state index in [-0.39, 0.29) is 17.9 Å². The molecule has 3 heterocycles. The summed E-state index contributed by atoms with van der Waals surface area (Å²) in [4.78, 5) is 20.3. The minimum absolute atomic E-state index is 0.0699. The molecule has 1 saturated carbocycles. The fourth-order valence-corrected chi connectivity index (χ4v) is 5.71. The highest BCUT2D eigenvalue weighted by Gasteiger charge is 2.30. The summed E-state index contributed by atoms with van der Waals surface area (Å²) in [6, 6.07) is 7.59. The van der Waals surface area contributed by atoms with Crippen LogP contribution in [0.1, 0.15) is 50.5 Å². The van der Waals surface area contributed by atoms with Crippen LogP contribution in [0, 0.1) is 11.7 Å². The second-order valence-electron chi connectivity index (χ2n) is 10.6. The number of nitrogens with zero attached hydrogens (tertiary/aromatic N) is 3. The molecule has 0 spiro atoms. The summed E-state index contributed by atoms with van der Waals surface area (Å²) < 4.78 is 13.2. The van der Waals surface area contributed by atoms with Gasteiger partial charge in [-0.15, -0.1) is 0 Å². The number of allylic oxidation sites excluding steroid dienone is 1. The molecule has 1 aromatic carbocycles. The Bertz CT molecular complexity index is 847. The van der Waals surface area contributed by atoms with Gasteiger partial charge >= 0.3 is 0 Å². The van der Waals surface area contributed by atoms with Crippen LogP contribution in [0.15, 0.2) is 36.0 Å². The van der Waals surface area contributed by atoms with E-state index >= 15 is 0 Å². The Morgan fingerprint density at radius 1 is 0.941 bits per heavy atom. The molecular formula is C27H40FN5O. The van der Waals surface area contributed by atoms with Gasteiger partial charge in [-0.05, 0) is 88.2 Å². The maximum absolute atomic E-state index is 13.2. The lowest BCUT2D eigenvalue weighted by Gasteiger charge is -2.38. The maximum atomic E-state index is 13.2. The van der Waals surface area contributed by atoms with Gasteiger partial charge in [-0.25, -0.2) is 4.39 Å². The highest BCUT2D eigenvalue weighted by molar-refractivity contribution is 5.92. The number of hydrogen-bond acceptors (Lipinski definition) is 5. The smallest absolute Gasteiger partial charge is 0.267 e. The van der Waals surface area contributed by atoms with E-state index in [0.717, 1.165) is 70.9 Å². The highest BCUT2D eigenvalue weighted by Crippen LogP contribution is 2.27. The van der Waals surface area contributed by atoms with E-state index in [1.54, 1.807) is 12.1 Å². The van der Waals surface area contributed by atoms with Crippen molar-refractivity contribution in [1.82, 2.24) is 25.3 Å². The van der Waals surface area contributed by atoms with E-state index in [9.17, 15) is 9.18 Å². The van der Waals surface area contributed by atoms with Crippen LogP contribution < -0.4 is 10.6 Å². The normalized spacial score (nSPS) is 25.9. The first-order valence-corrected chi connectivity index (χ1v) is 13.3. The third-order valence-electron chi connectivity index (χ3n) is 8.00. The van der Waals surface area contributed by atoms with E-state index in [1.807, 2.05) is 12.1 Å². The van der Waals surface area contributed by atoms with Gasteiger partial charge in [0.2, 0.25) is 0 Å². The summed E-state index contributed by atoms with van der Waals surface area (Å²) in [5, 5.41) is 6.65. The van der Waals surface area contributed by atoms with Crippen LogP contribution >= 0.6 is 0 Å². The molecule has 1 aliphatic carbocycles. The van der Waals surface area contributed by atoms with Gasteiger partial charge in [-0.2, -0.15) is 0 Å². The number of carbonyl (C=O) groups excluding carboxylic acids is 1. The largest absolute Gasteiger partial charge is 0.365 e. The molecule has 3 fully saturated rings. The van der Waals surface area contributed by atoms with Crippen LogP contribution in [-0.4, -0.2) is 78.6 Å². The molecule has 0 bridgehead atoms. The Morgan fingerprint density at radius 3 is 2.44 bits per heavy atom. The first kappa shape index (κ1) is 23.8. The van der Waals surface area contributed by atoms with Crippen LogP contribution in [-0.2, 0) is 11.3 Å². The van der Waals surface area contributed by atoms with E-state index in [4.69, 9.17) is 0 Å². The molecule has 4 aliphatic rings. The Hall–Kier alpha value is -1.96. The Labute approximate surface area is 203 Å².